The number of halogens is 3. The van der Waals surface area contributed by atoms with E-state index < -0.39 is 46.2 Å². The molecule has 2 aromatic rings. The highest BCUT2D eigenvalue weighted by Gasteiger charge is 2.33. The molecule has 2 rings (SSSR count). The standard InChI is InChI=1S/C24H30F3N3O4S/c1-4-14-28-23(32)18(2)29(15-13-19-9-6-5-7-10-19)22(31)17-30(35(3,33)34)21-12-8-11-20(16-21)24(25,26)27/h5-12,16,18H,4,13-15,17H2,1-3H3,(H,28,32)/t18-/m0/s1. The van der Waals surface area contributed by atoms with Crippen LogP contribution in [0, 0.1) is 0 Å². The predicted octanol–water partition coefficient (Wildman–Crippen LogP) is 3.46. The van der Waals surface area contributed by atoms with Gasteiger partial charge in [0.05, 0.1) is 17.5 Å². The Balaban J connectivity index is 2.35. The fraction of sp³-hybridized carbons (Fsp3) is 0.417. The van der Waals surface area contributed by atoms with Crippen LogP contribution in [0.5, 0.6) is 0 Å². The van der Waals surface area contributed by atoms with Gasteiger partial charge in [0.2, 0.25) is 21.8 Å². The first kappa shape index (κ1) is 28.2. The second kappa shape index (κ2) is 12.1. The molecule has 0 heterocycles. The minimum absolute atomic E-state index is 0.115. The zero-order chi connectivity index (χ0) is 26.2. The zero-order valence-corrected chi connectivity index (χ0v) is 20.7. The largest absolute Gasteiger partial charge is 0.416 e. The van der Waals surface area contributed by atoms with E-state index in [2.05, 4.69) is 5.32 Å². The maximum Gasteiger partial charge on any atom is 0.416 e. The second-order valence-electron chi connectivity index (χ2n) is 8.11. The van der Waals surface area contributed by atoms with E-state index in [9.17, 15) is 31.2 Å². The van der Waals surface area contributed by atoms with Gasteiger partial charge in [-0.05, 0) is 43.5 Å². The first-order valence-electron chi connectivity index (χ1n) is 11.1. The number of alkyl halides is 3. The summed E-state index contributed by atoms with van der Waals surface area (Å²) in [6.45, 7) is 3.18. The summed E-state index contributed by atoms with van der Waals surface area (Å²) >= 11 is 0. The molecule has 192 valence electrons. The molecule has 1 atom stereocenters. The molecular weight excluding hydrogens is 483 g/mol. The Hall–Kier alpha value is -3.08. The van der Waals surface area contributed by atoms with Gasteiger partial charge in [0.15, 0.2) is 0 Å². The topological polar surface area (TPSA) is 86.8 Å². The van der Waals surface area contributed by atoms with Crippen LogP contribution in [-0.2, 0) is 32.2 Å². The summed E-state index contributed by atoms with van der Waals surface area (Å²) in [5.41, 5.74) is -0.421. The van der Waals surface area contributed by atoms with Crippen molar-refractivity contribution < 1.29 is 31.2 Å². The molecule has 0 unspecified atom stereocenters. The first-order chi connectivity index (χ1) is 16.3. The van der Waals surface area contributed by atoms with Crippen molar-refractivity contribution in [3.05, 3.63) is 65.7 Å². The van der Waals surface area contributed by atoms with Crippen molar-refractivity contribution in [2.24, 2.45) is 0 Å². The van der Waals surface area contributed by atoms with Crippen LogP contribution >= 0.6 is 0 Å². The molecular formula is C24H30F3N3O4S. The van der Waals surface area contributed by atoms with Crippen molar-refractivity contribution in [1.29, 1.82) is 0 Å². The summed E-state index contributed by atoms with van der Waals surface area (Å²) in [5, 5.41) is 2.72. The molecule has 0 aliphatic carbocycles. The average molecular weight is 514 g/mol. The Morgan fingerprint density at radius 3 is 2.29 bits per heavy atom. The number of amides is 2. The minimum atomic E-state index is -4.68. The van der Waals surface area contributed by atoms with E-state index in [-0.39, 0.29) is 12.2 Å². The lowest BCUT2D eigenvalue weighted by Crippen LogP contribution is -2.52. The lowest BCUT2D eigenvalue weighted by Gasteiger charge is -2.31. The van der Waals surface area contributed by atoms with Gasteiger partial charge in [-0.2, -0.15) is 13.2 Å². The van der Waals surface area contributed by atoms with E-state index in [0.717, 1.165) is 24.0 Å². The molecule has 0 fully saturated rings. The molecule has 0 radical (unpaired) electrons. The van der Waals surface area contributed by atoms with E-state index in [0.29, 0.717) is 29.8 Å². The molecule has 7 nitrogen and oxygen atoms in total. The molecule has 0 aromatic heterocycles. The molecule has 0 aliphatic heterocycles. The third kappa shape index (κ3) is 8.27. The Morgan fingerprint density at radius 1 is 1.06 bits per heavy atom. The molecule has 0 saturated carbocycles. The number of hydrogen-bond donors (Lipinski definition) is 1. The monoisotopic (exact) mass is 513 g/mol. The van der Waals surface area contributed by atoms with Crippen LogP contribution in [0.15, 0.2) is 54.6 Å². The maximum atomic E-state index is 13.3. The summed E-state index contributed by atoms with van der Waals surface area (Å²) < 4.78 is 65.1. The molecule has 35 heavy (non-hydrogen) atoms. The van der Waals surface area contributed by atoms with Crippen LogP contribution in [0.1, 0.15) is 31.4 Å². The summed E-state index contributed by atoms with van der Waals surface area (Å²) in [7, 11) is -4.12. The van der Waals surface area contributed by atoms with Crippen LogP contribution < -0.4 is 9.62 Å². The Kier molecular flexibility index (Phi) is 9.70. The lowest BCUT2D eigenvalue weighted by molar-refractivity contribution is -0.138. The minimum Gasteiger partial charge on any atom is -0.354 e. The van der Waals surface area contributed by atoms with Gasteiger partial charge in [0.1, 0.15) is 12.6 Å². The molecule has 0 bridgehead atoms. The molecule has 2 amide bonds. The zero-order valence-electron chi connectivity index (χ0n) is 19.9. The van der Waals surface area contributed by atoms with Gasteiger partial charge in [-0.1, -0.05) is 43.3 Å². The molecule has 0 spiro atoms. The summed E-state index contributed by atoms with van der Waals surface area (Å²) in [5.74, 6) is -1.11. The van der Waals surface area contributed by atoms with Gasteiger partial charge in [-0.25, -0.2) is 8.42 Å². The van der Waals surface area contributed by atoms with Crippen LogP contribution in [0.2, 0.25) is 0 Å². The molecule has 11 heteroatoms. The quantitative estimate of drug-likeness (QED) is 0.499. The highest BCUT2D eigenvalue weighted by molar-refractivity contribution is 7.92. The number of sulfonamides is 1. The van der Waals surface area contributed by atoms with E-state index in [4.69, 9.17) is 0 Å². The number of nitrogens with zero attached hydrogens (tertiary/aromatic N) is 2. The number of benzene rings is 2. The Labute approximate surface area is 204 Å². The molecule has 2 aromatic carbocycles. The SMILES string of the molecule is CCCNC(=O)[C@H](C)N(CCc1ccccc1)C(=O)CN(c1cccc(C(F)(F)F)c1)S(C)(=O)=O. The summed E-state index contributed by atoms with van der Waals surface area (Å²) in [6, 6.07) is 12.1. The maximum absolute atomic E-state index is 13.3. The predicted molar refractivity (Wildman–Crippen MR) is 128 cm³/mol. The fourth-order valence-electron chi connectivity index (χ4n) is 3.42. The van der Waals surface area contributed by atoms with Gasteiger partial charge >= 0.3 is 6.18 Å². The van der Waals surface area contributed by atoms with Gasteiger partial charge in [-0.15, -0.1) is 0 Å². The number of anilines is 1. The van der Waals surface area contributed by atoms with Crippen LogP contribution in [0.25, 0.3) is 0 Å². The molecule has 0 aliphatic rings. The normalized spacial score (nSPS) is 12.6. The van der Waals surface area contributed by atoms with Crippen molar-refractivity contribution >= 4 is 27.5 Å². The number of rotatable bonds is 11. The number of hydrogen-bond acceptors (Lipinski definition) is 4. The van der Waals surface area contributed by atoms with E-state index in [1.807, 2.05) is 37.3 Å². The molecule has 0 saturated heterocycles. The van der Waals surface area contributed by atoms with Crippen molar-refractivity contribution in [1.82, 2.24) is 10.2 Å². The van der Waals surface area contributed by atoms with Crippen LogP contribution in [0.4, 0.5) is 18.9 Å². The van der Waals surface area contributed by atoms with Crippen molar-refractivity contribution in [2.45, 2.75) is 38.9 Å². The summed E-state index contributed by atoms with van der Waals surface area (Å²) in [4.78, 5) is 27.2. The van der Waals surface area contributed by atoms with Gasteiger partial charge in [0, 0.05) is 13.1 Å². The van der Waals surface area contributed by atoms with Gasteiger partial charge in [-0.3, -0.25) is 13.9 Å². The fourth-order valence-corrected chi connectivity index (χ4v) is 4.26. The van der Waals surface area contributed by atoms with E-state index >= 15 is 0 Å². The van der Waals surface area contributed by atoms with Gasteiger partial charge < -0.3 is 10.2 Å². The van der Waals surface area contributed by atoms with Crippen molar-refractivity contribution in [3.8, 4) is 0 Å². The highest BCUT2D eigenvalue weighted by Crippen LogP contribution is 2.32. The third-order valence-electron chi connectivity index (χ3n) is 5.34. The Bertz CT molecular complexity index is 1110. The van der Waals surface area contributed by atoms with Crippen molar-refractivity contribution in [2.75, 3.05) is 30.2 Å². The first-order valence-corrected chi connectivity index (χ1v) is 13.0. The van der Waals surface area contributed by atoms with E-state index in [1.165, 1.54) is 17.9 Å². The van der Waals surface area contributed by atoms with Crippen LogP contribution in [0.3, 0.4) is 0 Å². The van der Waals surface area contributed by atoms with Gasteiger partial charge in [0.25, 0.3) is 0 Å². The number of nitrogens with one attached hydrogen (secondary N) is 1. The van der Waals surface area contributed by atoms with E-state index in [1.54, 1.807) is 0 Å². The summed E-state index contributed by atoms with van der Waals surface area (Å²) in [6.07, 6.45) is -2.78. The molecule has 1 N–H and O–H groups in total. The lowest BCUT2D eigenvalue weighted by atomic mass is 10.1. The van der Waals surface area contributed by atoms with Crippen molar-refractivity contribution in [3.63, 3.8) is 0 Å². The average Bonchev–Trinajstić information content (AvgIpc) is 2.80. The second-order valence-corrected chi connectivity index (χ2v) is 10.0. The highest BCUT2D eigenvalue weighted by atomic mass is 32.2. The smallest absolute Gasteiger partial charge is 0.354 e. The van der Waals surface area contributed by atoms with Crippen LogP contribution in [-0.4, -0.2) is 57.1 Å². The number of carbonyl (C=O) groups excluding carboxylic acids is 2. The number of carbonyl (C=O) groups is 2. The third-order valence-corrected chi connectivity index (χ3v) is 6.48. The Morgan fingerprint density at radius 2 is 1.71 bits per heavy atom.